The summed E-state index contributed by atoms with van der Waals surface area (Å²) in [5, 5.41) is 2.64. The maximum absolute atomic E-state index is 12.6. The fourth-order valence-corrected chi connectivity index (χ4v) is 3.75. The molecule has 0 fully saturated rings. The second kappa shape index (κ2) is 8.46. The maximum Gasteiger partial charge on any atom is 0.264 e. The number of benzene rings is 1. The molecule has 3 aromatic rings. The summed E-state index contributed by atoms with van der Waals surface area (Å²) in [5.74, 6) is -0.409. The molecule has 9 nitrogen and oxygen atoms in total. The van der Waals surface area contributed by atoms with Crippen LogP contribution in [0.3, 0.4) is 0 Å². The second-order valence-corrected chi connectivity index (χ2v) is 8.46. The molecule has 0 atom stereocenters. The molecule has 2 N–H and O–H groups in total. The third-order valence-electron chi connectivity index (χ3n) is 4.18. The van der Waals surface area contributed by atoms with Gasteiger partial charge in [0, 0.05) is 28.8 Å². The molecule has 156 valence electrons. The minimum atomic E-state index is -3.88. The number of nitrogens with zero attached hydrogens (tertiary/aromatic N) is 3. The Morgan fingerprint density at radius 3 is 2.30 bits per heavy atom. The molecule has 0 unspecified atom stereocenters. The third-order valence-corrected chi connectivity index (χ3v) is 5.52. The Balaban J connectivity index is 1.70. The van der Waals surface area contributed by atoms with Crippen LogP contribution in [0.15, 0.2) is 58.4 Å². The van der Waals surface area contributed by atoms with Gasteiger partial charge in [0.25, 0.3) is 15.6 Å². The molecular weight excluding hydrogens is 406 g/mol. The molecule has 0 aliphatic rings. The summed E-state index contributed by atoms with van der Waals surface area (Å²) in [6.07, 6.45) is 1.53. The van der Waals surface area contributed by atoms with E-state index < -0.39 is 15.9 Å². The number of nitrogens with one attached hydrogen (secondary N) is 2. The van der Waals surface area contributed by atoms with E-state index >= 15 is 0 Å². The molecule has 0 saturated heterocycles. The number of sulfonamides is 1. The molecule has 0 aliphatic carbocycles. The molecule has 30 heavy (non-hydrogen) atoms. The first-order chi connectivity index (χ1) is 14.1. The minimum absolute atomic E-state index is 0.00170. The number of aromatic nitrogens is 3. The summed E-state index contributed by atoms with van der Waals surface area (Å²) in [5.41, 5.74) is 1.99. The Hall–Kier alpha value is -3.53. The third kappa shape index (κ3) is 5.09. The van der Waals surface area contributed by atoms with E-state index in [1.165, 1.54) is 35.0 Å². The molecule has 0 aliphatic heterocycles. The van der Waals surface area contributed by atoms with Crippen LogP contribution in [0.1, 0.15) is 17.0 Å². The van der Waals surface area contributed by atoms with Crippen LogP contribution in [0.5, 0.6) is 0 Å². The van der Waals surface area contributed by atoms with E-state index in [-0.39, 0.29) is 22.9 Å². The van der Waals surface area contributed by atoms with Crippen molar-refractivity contribution in [2.75, 3.05) is 10.0 Å². The van der Waals surface area contributed by atoms with E-state index in [4.69, 9.17) is 0 Å². The fourth-order valence-electron chi connectivity index (χ4n) is 2.80. The molecule has 10 heteroatoms. The number of hydrogen-bond donors (Lipinski definition) is 2. The van der Waals surface area contributed by atoms with Gasteiger partial charge in [-0.05, 0) is 57.2 Å². The summed E-state index contributed by atoms with van der Waals surface area (Å²) < 4.78 is 28.8. The molecule has 2 aromatic heterocycles. The monoisotopic (exact) mass is 427 g/mol. The Morgan fingerprint density at radius 2 is 1.67 bits per heavy atom. The predicted octanol–water partition coefficient (Wildman–Crippen LogP) is 2.00. The highest BCUT2D eigenvalue weighted by Gasteiger charge is 2.16. The van der Waals surface area contributed by atoms with Crippen molar-refractivity contribution < 1.29 is 13.2 Å². The smallest absolute Gasteiger partial charge is 0.264 e. The van der Waals surface area contributed by atoms with E-state index in [0.717, 1.165) is 0 Å². The van der Waals surface area contributed by atoms with Gasteiger partial charge in [-0.3, -0.25) is 9.59 Å². The van der Waals surface area contributed by atoms with Crippen molar-refractivity contribution in [1.82, 2.24) is 14.5 Å². The molecule has 3 rings (SSSR count). The summed E-state index contributed by atoms with van der Waals surface area (Å²) in [6.45, 7) is 5.02. The zero-order valence-electron chi connectivity index (χ0n) is 16.7. The lowest BCUT2D eigenvalue weighted by Gasteiger charge is -2.10. The Labute approximate surface area is 173 Å². The number of hydrogen-bond acceptors (Lipinski definition) is 6. The minimum Gasteiger partial charge on any atom is -0.325 e. The molecule has 1 aromatic carbocycles. The zero-order chi connectivity index (χ0) is 21.9. The van der Waals surface area contributed by atoms with Crippen molar-refractivity contribution in [3.8, 4) is 0 Å². The van der Waals surface area contributed by atoms with E-state index in [9.17, 15) is 18.0 Å². The summed E-state index contributed by atoms with van der Waals surface area (Å²) in [6, 6.07) is 10.8. The molecule has 0 saturated carbocycles. The Morgan fingerprint density at radius 1 is 1.03 bits per heavy atom. The van der Waals surface area contributed by atoms with Gasteiger partial charge in [-0.2, -0.15) is 0 Å². The van der Waals surface area contributed by atoms with Crippen LogP contribution in [0.4, 0.5) is 11.6 Å². The van der Waals surface area contributed by atoms with Gasteiger partial charge in [0.05, 0.1) is 4.90 Å². The average molecular weight is 427 g/mol. The largest absolute Gasteiger partial charge is 0.325 e. The SMILES string of the molecule is Cc1cc(C)nc(NS(=O)(=O)c2ccc(NC(=O)Cn3cccc(C)c3=O)cc2)n1. The van der Waals surface area contributed by atoms with Crippen LogP contribution in [0.25, 0.3) is 0 Å². The summed E-state index contributed by atoms with van der Waals surface area (Å²) in [7, 11) is -3.88. The van der Waals surface area contributed by atoms with Gasteiger partial charge in [0.15, 0.2) is 0 Å². The number of carbonyl (C=O) groups excluding carboxylic acids is 1. The lowest BCUT2D eigenvalue weighted by atomic mass is 10.3. The van der Waals surface area contributed by atoms with Crippen LogP contribution in [-0.2, 0) is 21.4 Å². The van der Waals surface area contributed by atoms with E-state index in [1.807, 2.05) is 0 Å². The van der Waals surface area contributed by atoms with Gasteiger partial charge in [0.1, 0.15) is 6.54 Å². The van der Waals surface area contributed by atoms with Gasteiger partial charge in [-0.25, -0.2) is 23.1 Å². The molecule has 2 heterocycles. The quantitative estimate of drug-likeness (QED) is 0.620. The maximum atomic E-state index is 12.6. The van der Waals surface area contributed by atoms with Crippen LogP contribution in [-0.4, -0.2) is 28.9 Å². The first kappa shape index (κ1) is 21.2. The van der Waals surface area contributed by atoms with Crippen molar-refractivity contribution in [2.24, 2.45) is 0 Å². The number of anilines is 2. The molecular formula is C20H21N5O4S. The van der Waals surface area contributed by atoms with Gasteiger partial charge in [-0.15, -0.1) is 0 Å². The highest BCUT2D eigenvalue weighted by Crippen LogP contribution is 2.17. The molecule has 0 spiro atoms. The second-order valence-electron chi connectivity index (χ2n) is 6.78. The van der Waals surface area contributed by atoms with Gasteiger partial charge in [-0.1, -0.05) is 6.07 Å². The topological polar surface area (TPSA) is 123 Å². The number of carbonyl (C=O) groups is 1. The van der Waals surface area contributed by atoms with Gasteiger partial charge in [0.2, 0.25) is 11.9 Å². The number of pyridine rings is 1. The average Bonchev–Trinajstić information content (AvgIpc) is 2.64. The van der Waals surface area contributed by atoms with E-state index in [0.29, 0.717) is 22.6 Å². The first-order valence-corrected chi connectivity index (χ1v) is 10.5. The van der Waals surface area contributed by atoms with Crippen molar-refractivity contribution in [2.45, 2.75) is 32.2 Å². The normalized spacial score (nSPS) is 11.2. The van der Waals surface area contributed by atoms with Crippen LogP contribution in [0, 0.1) is 20.8 Å². The first-order valence-electron chi connectivity index (χ1n) is 9.05. The standard InChI is InChI=1S/C20H21N5O4S/c1-13-5-4-10-25(19(13)27)12-18(26)23-16-6-8-17(9-7-16)30(28,29)24-20-21-14(2)11-15(3)22-20/h4-11H,12H2,1-3H3,(H,23,26)(H,21,22,24). The Kier molecular flexibility index (Phi) is 5.97. The zero-order valence-corrected chi connectivity index (χ0v) is 17.5. The van der Waals surface area contributed by atoms with Crippen molar-refractivity contribution in [3.05, 3.63) is 76.0 Å². The molecule has 0 bridgehead atoms. The van der Waals surface area contributed by atoms with E-state index in [2.05, 4.69) is 20.0 Å². The summed E-state index contributed by atoms with van der Waals surface area (Å²) in [4.78, 5) is 32.4. The van der Waals surface area contributed by atoms with Gasteiger partial charge < -0.3 is 9.88 Å². The van der Waals surface area contributed by atoms with Crippen molar-refractivity contribution in [3.63, 3.8) is 0 Å². The highest BCUT2D eigenvalue weighted by molar-refractivity contribution is 7.92. The molecule has 0 radical (unpaired) electrons. The van der Waals surface area contributed by atoms with Crippen molar-refractivity contribution in [1.29, 1.82) is 0 Å². The van der Waals surface area contributed by atoms with Crippen LogP contribution >= 0.6 is 0 Å². The fraction of sp³-hybridized carbons (Fsp3) is 0.200. The predicted molar refractivity (Wildman–Crippen MR) is 113 cm³/mol. The lowest BCUT2D eigenvalue weighted by Crippen LogP contribution is -2.28. The van der Waals surface area contributed by atoms with Crippen LogP contribution < -0.4 is 15.6 Å². The Bertz CT molecular complexity index is 1230. The lowest BCUT2D eigenvalue weighted by molar-refractivity contribution is -0.116. The number of amides is 1. The number of aryl methyl sites for hydroxylation is 3. The van der Waals surface area contributed by atoms with Gasteiger partial charge >= 0.3 is 0 Å². The molecule has 1 amide bonds. The summed E-state index contributed by atoms with van der Waals surface area (Å²) >= 11 is 0. The highest BCUT2D eigenvalue weighted by atomic mass is 32.2. The van der Waals surface area contributed by atoms with E-state index in [1.54, 1.807) is 39.0 Å². The van der Waals surface area contributed by atoms with Crippen LogP contribution in [0.2, 0.25) is 0 Å². The number of rotatable bonds is 6. The van der Waals surface area contributed by atoms with Crippen molar-refractivity contribution >= 4 is 27.6 Å².